The van der Waals surface area contributed by atoms with Crippen molar-refractivity contribution >= 4 is 39.9 Å². The highest BCUT2D eigenvalue weighted by molar-refractivity contribution is 7.92. The van der Waals surface area contributed by atoms with Gasteiger partial charge in [-0.05, 0) is 91.6 Å². The molecule has 3 aromatic carbocycles. The molecule has 16 heteroatoms. The van der Waals surface area contributed by atoms with E-state index < -0.39 is 57.0 Å². The Kier molecular flexibility index (Phi) is 14.0. The molecule has 0 saturated heterocycles. The lowest BCUT2D eigenvalue weighted by molar-refractivity contribution is -0.137. The monoisotopic (exact) mass is 814 g/mol. The van der Waals surface area contributed by atoms with Crippen LogP contribution in [-0.2, 0) is 34.6 Å². The molecule has 1 aliphatic heterocycles. The summed E-state index contributed by atoms with van der Waals surface area (Å²) in [5, 5.41) is 17.5. The average molecular weight is 815 g/mol. The van der Waals surface area contributed by atoms with Crippen LogP contribution in [0.25, 0.3) is 0 Å². The Labute approximate surface area is 325 Å². The van der Waals surface area contributed by atoms with Crippen molar-refractivity contribution in [2.24, 2.45) is 0 Å². The van der Waals surface area contributed by atoms with Crippen LogP contribution < -0.4 is 14.9 Å². The van der Waals surface area contributed by atoms with Gasteiger partial charge in [0, 0.05) is 48.9 Å². The van der Waals surface area contributed by atoms with E-state index in [9.17, 15) is 45.1 Å². The van der Waals surface area contributed by atoms with Gasteiger partial charge in [-0.25, -0.2) is 17.2 Å². The van der Waals surface area contributed by atoms with E-state index in [1.165, 1.54) is 25.2 Å². The molecule has 3 aromatic rings. The molecular weight excluding hydrogens is 767 g/mol. The van der Waals surface area contributed by atoms with Crippen LogP contribution in [0.3, 0.4) is 0 Å². The lowest BCUT2D eigenvalue weighted by Crippen LogP contribution is -2.50. The number of amides is 2. The summed E-state index contributed by atoms with van der Waals surface area (Å²) in [6.45, 7) is 4.17. The molecule has 9 nitrogen and oxygen atoms in total. The van der Waals surface area contributed by atoms with Crippen LogP contribution in [0.15, 0.2) is 54.6 Å². The second kappa shape index (κ2) is 17.6. The van der Waals surface area contributed by atoms with Gasteiger partial charge in [0.25, 0.3) is 11.8 Å². The molecule has 1 fully saturated rings. The Morgan fingerprint density at radius 1 is 1.02 bits per heavy atom. The van der Waals surface area contributed by atoms with E-state index in [1.54, 1.807) is 11.0 Å². The summed E-state index contributed by atoms with van der Waals surface area (Å²) in [6.07, 6.45) is -0.712. The topological polar surface area (TPSA) is 119 Å². The first-order valence-electron chi connectivity index (χ1n) is 18.1. The zero-order chi connectivity index (χ0) is 39.6. The maximum Gasteiger partial charge on any atom is 0.416 e. The first-order chi connectivity index (χ1) is 25.4. The Balaban J connectivity index is 0.00000673. The number of hydrogen-bond acceptors (Lipinski definition) is 6. The fraction of sp³-hybridized carbons (Fsp3) is 0.487. The van der Waals surface area contributed by atoms with Crippen molar-refractivity contribution in [2.45, 2.75) is 95.1 Å². The zero-order valence-corrected chi connectivity index (χ0v) is 32.8. The predicted molar refractivity (Wildman–Crippen MR) is 203 cm³/mol. The number of hydrogen-bond donors (Lipinski definition) is 3. The van der Waals surface area contributed by atoms with E-state index in [-0.39, 0.29) is 59.7 Å². The number of fused-ring (bicyclic) bond motifs is 1. The molecule has 302 valence electrons. The third-order valence-corrected chi connectivity index (χ3v) is 11.6. The second-order valence-electron chi connectivity index (χ2n) is 14.4. The number of halogens is 6. The lowest BCUT2D eigenvalue weighted by Gasteiger charge is -2.37. The van der Waals surface area contributed by atoms with Gasteiger partial charge in [-0.2, -0.15) is 13.2 Å². The van der Waals surface area contributed by atoms with Gasteiger partial charge in [0.1, 0.15) is 11.6 Å². The van der Waals surface area contributed by atoms with Crippen molar-refractivity contribution in [3.63, 3.8) is 0 Å². The van der Waals surface area contributed by atoms with E-state index in [4.69, 9.17) is 0 Å². The van der Waals surface area contributed by atoms with E-state index in [0.717, 1.165) is 60.5 Å². The van der Waals surface area contributed by atoms with Crippen molar-refractivity contribution < 1.29 is 45.1 Å². The highest BCUT2D eigenvalue weighted by Crippen LogP contribution is 2.46. The van der Waals surface area contributed by atoms with Gasteiger partial charge >= 0.3 is 6.18 Å². The van der Waals surface area contributed by atoms with Crippen molar-refractivity contribution in [3.05, 3.63) is 99.6 Å². The number of carbonyl (C=O) groups excluding carboxylic acids is 2. The van der Waals surface area contributed by atoms with Crippen LogP contribution in [-0.4, -0.2) is 74.8 Å². The molecule has 0 bridgehead atoms. The van der Waals surface area contributed by atoms with E-state index in [1.807, 2.05) is 13.8 Å². The van der Waals surface area contributed by atoms with Crippen molar-refractivity contribution in [2.75, 3.05) is 30.7 Å². The Bertz CT molecular complexity index is 1950. The summed E-state index contributed by atoms with van der Waals surface area (Å²) in [5.74, 6) is -2.83. The quantitative estimate of drug-likeness (QED) is 0.138. The van der Waals surface area contributed by atoms with E-state index in [0.29, 0.717) is 43.0 Å². The van der Waals surface area contributed by atoms with Crippen LogP contribution in [0, 0.1) is 11.6 Å². The second-order valence-corrected chi connectivity index (χ2v) is 16.4. The number of anilines is 1. The number of sulfonamides is 1. The molecule has 5 rings (SSSR count). The van der Waals surface area contributed by atoms with Gasteiger partial charge in [-0.15, -0.1) is 12.4 Å². The average Bonchev–Trinajstić information content (AvgIpc) is 3.90. The smallest absolute Gasteiger partial charge is 0.390 e. The molecule has 0 spiro atoms. The first kappa shape index (κ1) is 43.9. The lowest BCUT2D eigenvalue weighted by atomic mass is 9.90. The molecule has 2 atom stereocenters. The molecule has 55 heavy (non-hydrogen) atoms. The van der Waals surface area contributed by atoms with Crippen molar-refractivity contribution in [3.8, 4) is 0 Å². The number of alkyl halides is 3. The minimum atomic E-state index is -4.55. The number of nitrogens with one attached hydrogen (secondary N) is 2. The van der Waals surface area contributed by atoms with Crippen LogP contribution in [0.4, 0.5) is 27.6 Å². The highest BCUT2D eigenvalue weighted by Gasteiger charge is 2.45. The number of rotatable bonds is 16. The van der Waals surface area contributed by atoms with Crippen LogP contribution in [0.5, 0.6) is 0 Å². The SMILES string of the molecule is CCCC(CCC)N1CCc2c(C(=O)N[C@@H](Cc3cc(F)cc(F)c3)[C@H](O)CNC3(c4cccc(C(F)(F)F)c4)CC3)cc(N(C)S(C)(=O)=O)cc2C1=O.Cl. The standard InChI is InChI=1S/C39H47F5N4O5S.ClH/c1-5-8-29(9-6-2)48-15-12-31-32(21-30(22-33(31)37(48)51)47(3)54(4,52)53)36(50)46-34(18-24-16-27(40)20-28(41)17-24)35(49)23-45-38(13-14-38)25-10-7-11-26(19-25)39(42,43)44;/h7,10-11,16-17,19-22,29,34-35,45,49H,5-6,8-9,12-15,18,23H2,1-4H3,(H,46,50);1H/t34-,35+;/m0./s1. The summed E-state index contributed by atoms with van der Waals surface area (Å²) in [7, 11) is -2.53. The number of aliphatic hydroxyl groups excluding tert-OH is 1. The molecule has 2 aliphatic rings. The minimum Gasteiger partial charge on any atom is -0.390 e. The Morgan fingerprint density at radius 2 is 1.65 bits per heavy atom. The number of nitrogens with zero attached hydrogens (tertiary/aromatic N) is 2. The minimum absolute atomic E-state index is 0. The fourth-order valence-corrected chi connectivity index (χ4v) is 7.78. The summed E-state index contributed by atoms with van der Waals surface area (Å²) in [5.41, 5.74) is -0.511. The van der Waals surface area contributed by atoms with Crippen molar-refractivity contribution in [1.29, 1.82) is 0 Å². The molecular formula is C39H48ClF5N4O5S. The zero-order valence-electron chi connectivity index (χ0n) is 31.2. The maximum absolute atomic E-state index is 14.3. The molecule has 0 aromatic heterocycles. The summed E-state index contributed by atoms with van der Waals surface area (Å²) in [4.78, 5) is 30.1. The van der Waals surface area contributed by atoms with Gasteiger partial charge in [-0.3, -0.25) is 13.9 Å². The van der Waals surface area contributed by atoms with Gasteiger partial charge in [0.2, 0.25) is 10.0 Å². The highest BCUT2D eigenvalue weighted by atomic mass is 35.5. The molecule has 2 amide bonds. The van der Waals surface area contributed by atoms with Gasteiger partial charge in [0.05, 0.1) is 29.7 Å². The largest absolute Gasteiger partial charge is 0.416 e. The maximum atomic E-state index is 14.3. The number of aliphatic hydroxyl groups is 1. The Morgan fingerprint density at radius 3 is 2.22 bits per heavy atom. The molecule has 1 heterocycles. The van der Waals surface area contributed by atoms with E-state index in [2.05, 4.69) is 10.6 Å². The van der Waals surface area contributed by atoms with Gasteiger partial charge < -0.3 is 20.6 Å². The number of benzene rings is 3. The predicted octanol–water partition coefficient (Wildman–Crippen LogP) is 6.75. The molecule has 0 radical (unpaired) electrons. The fourth-order valence-electron chi connectivity index (χ4n) is 7.29. The van der Waals surface area contributed by atoms with Gasteiger partial charge in [-0.1, -0.05) is 38.8 Å². The molecule has 3 N–H and O–H groups in total. The molecule has 1 saturated carbocycles. The van der Waals surface area contributed by atoms with Crippen LogP contribution >= 0.6 is 12.4 Å². The van der Waals surface area contributed by atoms with Crippen LogP contribution in [0.2, 0.25) is 0 Å². The van der Waals surface area contributed by atoms with Crippen LogP contribution in [0.1, 0.15) is 95.3 Å². The first-order valence-corrected chi connectivity index (χ1v) is 20.0. The third-order valence-electron chi connectivity index (χ3n) is 10.4. The van der Waals surface area contributed by atoms with E-state index >= 15 is 0 Å². The summed E-state index contributed by atoms with van der Waals surface area (Å²) < 4.78 is 95.2. The molecule has 0 unspecified atom stereocenters. The number of carbonyl (C=O) groups is 2. The molecule has 1 aliphatic carbocycles. The third kappa shape index (κ3) is 10.3. The van der Waals surface area contributed by atoms with Gasteiger partial charge in [0.15, 0.2) is 0 Å². The normalized spacial score (nSPS) is 16.3. The summed E-state index contributed by atoms with van der Waals surface area (Å²) >= 11 is 0. The van der Waals surface area contributed by atoms with Crippen molar-refractivity contribution in [1.82, 2.24) is 15.5 Å². The Hall–Kier alpha value is -3.79. The summed E-state index contributed by atoms with van der Waals surface area (Å²) in [6, 6.07) is 9.31.